The molecule has 0 fully saturated rings. The first-order valence-electron chi connectivity index (χ1n) is 8.19. The van der Waals surface area contributed by atoms with E-state index in [1.807, 2.05) is 25.1 Å². The van der Waals surface area contributed by atoms with Crippen molar-refractivity contribution in [1.82, 2.24) is 0 Å². The first-order valence-corrected chi connectivity index (χ1v) is 8.99. The van der Waals surface area contributed by atoms with Crippen molar-refractivity contribution in [2.75, 3.05) is 13.7 Å². The summed E-state index contributed by atoms with van der Waals surface area (Å²) in [6, 6.07) is 5.80. The monoisotopic (exact) mass is 394 g/mol. The highest BCUT2D eigenvalue weighted by Crippen LogP contribution is 2.32. The zero-order chi connectivity index (χ0) is 17.7. The van der Waals surface area contributed by atoms with Gasteiger partial charge in [-0.1, -0.05) is 21.5 Å². The number of hydrogen-bond donors (Lipinski definition) is 0. The minimum atomic E-state index is -0.286. The van der Waals surface area contributed by atoms with Gasteiger partial charge in [-0.25, -0.2) is 0 Å². The quantitative estimate of drug-likeness (QED) is 0.676. The van der Waals surface area contributed by atoms with Crippen LogP contribution in [-0.4, -0.2) is 25.5 Å². The fourth-order valence-corrected chi connectivity index (χ4v) is 3.52. The molecule has 0 saturated heterocycles. The molecule has 24 heavy (non-hydrogen) atoms. The molecule has 1 aromatic rings. The molecule has 0 N–H and O–H groups in total. The summed E-state index contributed by atoms with van der Waals surface area (Å²) < 4.78 is 11.4. The molecule has 0 saturated carbocycles. The first-order chi connectivity index (χ1) is 11.5. The lowest BCUT2D eigenvalue weighted by molar-refractivity contribution is -0.147. The van der Waals surface area contributed by atoms with Gasteiger partial charge in [-0.3, -0.25) is 9.59 Å². The Bertz CT molecular complexity index is 663. The number of carbonyl (C=O) groups excluding carboxylic acids is 2. The third-order valence-corrected chi connectivity index (χ3v) is 5.24. The molecule has 0 spiro atoms. The Labute approximate surface area is 151 Å². The van der Waals surface area contributed by atoms with E-state index in [-0.39, 0.29) is 17.7 Å². The second-order valence-corrected chi connectivity index (χ2v) is 6.74. The van der Waals surface area contributed by atoms with Gasteiger partial charge in [0.2, 0.25) is 0 Å². The van der Waals surface area contributed by atoms with Gasteiger partial charge in [-0.15, -0.1) is 0 Å². The van der Waals surface area contributed by atoms with E-state index < -0.39 is 0 Å². The Balaban J connectivity index is 2.18. The van der Waals surface area contributed by atoms with Gasteiger partial charge in [0.15, 0.2) is 5.78 Å². The highest BCUT2D eigenvalue weighted by molar-refractivity contribution is 9.10. The summed E-state index contributed by atoms with van der Waals surface area (Å²) >= 11 is 3.54. The molecule has 0 radical (unpaired) electrons. The second kappa shape index (κ2) is 8.47. The van der Waals surface area contributed by atoms with E-state index in [2.05, 4.69) is 15.9 Å². The Morgan fingerprint density at radius 1 is 1.33 bits per heavy atom. The molecule has 0 aliphatic heterocycles. The van der Waals surface area contributed by atoms with E-state index in [0.717, 1.165) is 26.9 Å². The van der Waals surface area contributed by atoms with Crippen molar-refractivity contribution in [3.8, 4) is 5.75 Å². The Hall–Kier alpha value is -1.62. The molecule has 4 nitrogen and oxygen atoms in total. The number of Topliss-reactive ketones (excluding diaryl/α,β-unsaturated/α-hetero) is 1. The van der Waals surface area contributed by atoms with Gasteiger partial charge in [0.05, 0.1) is 19.6 Å². The maximum atomic E-state index is 12.3. The van der Waals surface area contributed by atoms with Crippen LogP contribution < -0.4 is 4.74 Å². The average molecular weight is 395 g/mol. The van der Waals surface area contributed by atoms with Crippen LogP contribution in [0.3, 0.4) is 0 Å². The van der Waals surface area contributed by atoms with Gasteiger partial charge in [-0.2, -0.15) is 0 Å². The number of allylic oxidation sites excluding steroid dienone is 1. The fourth-order valence-electron chi connectivity index (χ4n) is 3.08. The van der Waals surface area contributed by atoms with Crippen LogP contribution in [0.4, 0.5) is 0 Å². The standard InChI is InChI=1S/C19H23BrO4/c1-4-24-19(22)16-8-10-18(21)15(12(16)2)7-5-13-11-14(23-3)6-9-17(13)20/h6,9,11,16H,4-5,7-8,10H2,1-3H3. The van der Waals surface area contributed by atoms with Crippen LogP contribution in [0.25, 0.3) is 0 Å². The third kappa shape index (κ3) is 4.26. The lowest BCUT2D eigenvalue weighted by Gasteiger charge is -2.24. The Kier molecular flexibility index (Phi) is 6.60. The molecule has 1 aliphatic carbocycles. The number of carbonyl (C=O) groups is 2. The number of methoxy groups -OCH3 is 1. The number of halogens is 1. The van der Waals surface area contributed by atoms with Crippen molar-refractivity contribution in [1.29, 1.82) is 0 Å². The highest BCUT2D eigenvalue weighted by Gasteiger charge is 2.31. The van der Waals surface area contributed by atoms with Crippen LogP contribution in [0.2, 0.25) is 0 Å². The van der Waals surface area contributed by atoms with Crippen LogP contribution in [0.15, 0.2) is 33.8 Å². The molecule has 0 amide bonds. The summed E-state index contributed by atoms with van der Waals surface area (Å²) in [7, 11) is 1.63. The van der Waals surface area contributed by atoms with Gasteiger partial charge >= 0.3 is 5.97 Å². The minimum Gasteiger partial charge on any atom is -0.497 e. The fraction of sp³-hybridized carbons (Fsp3) is 0.474. The summed E-state index contributed by atoms with van der Waals surface area (Å²) in [5, 5.41) is 0. The van der Waals surface area contributed by atoms with Gasteiger partial charge in [0.1, 0.15) is 5.75 Å². The predicted octanol–water partition coefficient (Wildman–Crippen LogP) is 4.25. The molecular formula is C19H23BrO4. The first kappa shape index (κ1) is 18.7. The van der Waals surface area contributed by atoms with E-state index in [1.54, 1.807) is 14.0 Å². The van der Waals surface area contributed by atoms with Crippen LogP contribution in [0.5, 0.6) is 5.75 Å². The molecule has 130 valence electrons. The molecule has 1 atom stereocenters. The molecular weight excluding hydrogens is 372 g/mol. The van der Waals surface area contributed by atoms with Crippen molar-refractivity contribution >= 4 is 27.7 Å². The van der Waals surface area contributed by atoms with Gasteiger partial charge in [0, 0.05) is 10.9 Å². The SMILES string of the molecule is CCOC(=O)C1CCC(=O)C(CCc2cc(OC)ccc2Br)=C1C. The molecule has 5 heteroatoms. The largest absolute Gasteiger partial charge is 0.497 e. The lowest BCUT2D eigenvalue weighted by Crippen LogP contribution is -2.26. The van der Waals surface area contributed by atoms with E-state index in [0.29, 0.717) is 32.3 Å². The lowest BCUT2D eigenvalue weighted by atomic mass is 9.81. The van der Waals surface area contributed by atoms with Crippen molar-refractivity contribution < 1.29 is 19.1 Å². The average Bonchev–Trinajstić information content (AvgIpc) is 2.56. The molecule has 1 unspecified atom stereocenters. The summed E-state index contributed by atoms with van der Waals surface area (Å²) in [4.78, 5) is 24.4. The zero-order valence-corrected chi connectivity index (χ0v) is 15.9. The number of benzene rings is 1. The second-order valence-electron chi connectivity index (χ2n) is 5.89. The summed E-state index contributed by atoms with van der Waals surface area (Å²) in [6.07, 6.45) is 2.30. The van der Waals surface area contributed by atoms with E-state index in [9.17, 15) is 9.59 Å². The smallest absolute Gasteiger partial charge is 0.313 e. The molecule has 1 aliphatic rings. The van der Waals surface area contributed by atoms with Gasteiger partial charge in [-0.05, 0) is 62.4 Å². The van der Waals surface area contributed by atoms with Crippen LogP contribution in [0.1, 0.15) is 38.7 Å². The molecule has 0 aromatic heterocycles. The normalized spacial score (nSPS) is 17.8. The number of aryl methyl sites for hydroxylation is 1. The number of esters is 1. The number of ketones is 1. The zero-order valence-electron chi connectivity index (χ0n) is 14.4. The maximum absolute atomic E-state index is 12.3. The van der Waals surface area contributed by atoms with Crippen LogP contribution >= 0.6 is 15.9 Å². The third-order valence-electron chi connectivity index (χ3n) is 4.46. The summed E-state index contributed by atoms with van der Waals surface area (Å²) in [6.45, 7) is 4.05. The van der Waals surface area contributed by atoms with Crippen molar-refractivity contribution in [3.63, 3.8) is 0 Å². The summed E-state index contributed by atoms with van der Waals surface area (Å²) in [5.74, 6) is 0.430. The van der Waals surface area contributed by atoms with Crippen molar-refractivity contribution in [2.24, 2.45) is 5.92 Å². The highest BCUT2D eigenvalue weighted by atomic mass is 79.9. The van der Waals surface area contributed by atoms with E-state index in [4.69, 9.17) is 9.47 Å². The van der Waals surface area contributed by atoms with Crippen LogP contribution in [-0.2, 0) is 20.7 Å². The number of rotatable bonds is 6. The van der Waals surface area contributed by atoms with E-state index >= 15 is 0 Å². The number of hydrogen-bond acceptors (Lipinski definition) is 4. The molecule has 2 rings (SSSR count). The van der Waals surface area contributed by atoms with E-state index in [1.165, 1.54) is 0 Å². The minimum absolute atomic E-state index is 0.145. The van der Waals surface area contributed by atoms with Crippen LogP contribution in [0, 0.1) is 5.92 Å². The predicted molar refractivity (Wildman–Crippen MR) is 96.1 cm³/mol. The Morgan fingerprint density at radius 3 is 2.75 bits per heavy atom. The number of ether oxygens (including phenoxy) is 2. The molecule has 1 aromatic carbocycles. The van der Waals surface area contributed by atoms with Crippen molar-refractivity contribution in [2.45, 2.75) is 39.5 Å². The van der Waals surface area contributed by atoms with Crippen molar-refractivity contribution in [3.05, 3.63) is 39.4 Å². The van der Waals surface area contributed by atoms with Gasteiger partial charge < -0.3 is 9.47 Å². The topological polar surface area (TPSA) is 52.6 Å². The maximum Gasteiger partial charge on any atom is 0.313 e. The Morgan fingerprint density at radius 2 is 2.08 bits per heavy atom. The molecule has 0 heterocycles. The molecule has 0 bridgehead atoms. The van der Waals surface area contributed by atoms with Gasteiger partial charge in [0.25, 0.3) is 0 Å². The summed E-state index contributed by atoms with van der Waals surface area (Å²) in [5.41, 5.74) is 2.72.